The summed E-state index contributed by atoms with van der Waals surface area (Å²) in [5.41, 5.74) is 1.96. The lowest BCUT2D eigenvalue weighted by Gasteiger charge is -2.13. The summed E-state index contributed by atoms with van der Waals surface area (Å²) in [6.07, 6.45) is 1.38. The number of hydrogen-bond donors (Lipinski definition) is 3. The van der Waals surface area contributed by atoms with Crippen LogP contribution in [0.3, 0.4) is 0 Å². The summed E-state index contributed by atoms with van der Waals surface area (Å²) >= 11 is 0. The summed E-state index contributed by atoms with van der Waals surface area (Å²) in [7, 11) is 1.66. The molecular weight excluding hydrogens is 475 g/mol. The maximum Gasteiger partial charge on any atom is 0.490 e. The van der Waals surface area contributed by atoms with Crippen molar-refractivity contribution in [1.29, 1.82) is 0 Å². The Hall–Kier alpha value is -3.69. The second-order valence-corrected chi connectivity index (χ2v) is 8.21. The molecule has 3 rings (SSSR count). The number of carboxylic acid groups (broad SMARTS) is 1. The Morgan fingerprint density at radius 2 is 1.72 bits per heavy atom. The van der Waals surface area contributed by atoms with Crippen molar-refractivity contribution >= 4 is 28.4 Å². The first-order valence-corrected chi connectivity index (χ1v) is 11.6. The quantitative estimate of drug-likeness (QED) is 0.310. The highest BCUT2D eigenvalue weighted by Crippen LogP contribution is 2.27. The number of aromatic amines is 1. The maximum atomic E-state index is 12.4. The molecule has 2 aromatic carbocycles. The van der Waals surface area contributed by atoms with E-state index in [0.29, 0.717) is 30.9 Å². The van der Waals surface area contributed by atoms with E-state index >= 15 is 0 Å². The van der Waals surface area contributed by atoms with Crippen LogP contribution in [-0.4, -0.2) is 46.0 Å². The number of Topliss-reactive ketones (excluding diaryl/α,β-unsaturated/α-hetero) is 1. The van der Waals surface area contributed by atoms with Gasteiger partial charge in [0.15, 0.2) is 0 Å². The molecule has 7 nitrogen and oxygen atoms in total. The van der Waals surface area contributed by atoms with Crippen molar-refractivity contribution in [3.8, 4) is 11.3 Å². The molecule has 0 saturated heterocycles. The summed E-state index contributed by atoms with van der Waals surface area (Å²) in [5.74, 6) is -2.10. The predicted octanol–water partition coefficient (Wildman–Crippen LogP) is 5.62. The summed E-state index contributed by atoms with van der Waals surface area (Å²) in [6, 6.07) is 14.5. The van der Waals surface area contributed by atoms with Gasteiger partial charge in [-0.1, -0.05) is 56.2 Å². The number of amides is 1. The molecule has 194 valence electrons. The average molecular weight is 506 g/mol. The molecule has 1 heterocycles. The monoisotopic (exact) mass is 505 g/mol. The number of hydrogen-bond acceptors (Lipinski definition) is 4. The number of aliphatic carboxylic acids is 1. The third kappa shape index (κ3) is 8.51. The second kappa shape index (κ2) is 13.4. The molecular formula is C26H30F3N3O4. The van der Waals surface area contributed by atoms with Crippen molar-refractivity contribution in [2.75, 3.05) is 7.05 Å². The molecule has 1 atom stereocenters. The first-order chi connectivity index (χ1) is 17.1. The predicted molar refractivity (Wildman–Crippen MR) is 130 cm³/mol. The Morgan fingerprint density at radius 3 is 2.33 bits per heavy atom. The smallest absolute Gasteiger partial charge is 0.475 e. The zero-order valence-corrected chi connectivity index (χ0v) is 20.2. The van der Waals surface area contributed by atoms with Crippen molar-refractivity contribution < 1.29 is 32.7 Å². The van der Waals surface area contributed by atoms with Gasteiger partial charge >= 0.3 is 12.1 Å². The van der Waals surface area contributed by atoms with Gasteiger partial charge in [0.05, 0.1) is 17.8 Å². The van der Waals surface area contributed by atoms with Gasteiger partial charge in [-0.05, 0) is 29.7 Å². The van der Waals surface area contributed by atoms with Crippen LogP contribution >= 0.6 is 0 Å². The van der Waals surface area contributed by atoms with Gasteiger partial charge in [-0.3, -0.25) is 9.59 Å². The van der Waals surface area contributed by atoms with E-state index in [1.54, 1.807) is 13.2 Å². The van der Waals surface area contributed by atoms with Crippen molar-refractivity contribution in [3.63, 3.8) is 0 Å². The maximum absolute atomic E-state index is 12.4. The second-order valence-electron chi connectivity index (χ2n) is 8.21. The first-order valence-electron chi connectivity index (χ1n) is 11.6. The van der Waals surface area contributed by atoms with E-state index < -0.39 is 12.1 Å². The zero-order valence-electron chi connectivity index (χ0n) is 20.2. The van der Waals surface area contributed by atoms with E-state index in [0.717, 1.165) is 30.5 Å². The topological polar surface area (TPSA) is 112 Å². The number of rotatable bonds is 10. The molecule has 0 aliphatic heterocycles. The van der Waals surface area contributed by atoms with Gasteiger partial charge in [-0.2, -0.15) is 13.2 Å². The molecule has 0 bridgehead atoms. The molecule has 1 amide bonds. The Morgan fingerprint density at radius 1 is 1.06 bits per heavy atom. The number of alkyl halides is 3. The van der Waals surface area contributed by atoms with E-state index in [4.69, 9.17) is 9.90 Å². The number of likely N-dealkylation sites (N-methyl/N-ethyl adjacent to an activating group) is 1. The standard InChI is InChI=1S/C24H29N3O2.C2HF3O2/c1-3-20(28)11-5-4-6-12-21(24(29)25-2)23-26-16-22(27-23)19-14-13-17-9-7-8-10-18(17)15-19;3-2(4,5)1(6)7/h7-10,13-16,21H,3-6,11-12H2,1-2H3,(H,25,29)(H,26,27);(H,6,7). The lowest BCUT2D eigenvalue weighted by Crippen LogP contribution is -2.26. The van der Waals surface area contributed by atoms with E-state index in [2.05, 4.69) is 45.6 Å². The number of benzene rings is 2. The number of carbonyl (C=O) groups is 3. The number of carboxylic acids is 1. The fourth-order valence-corrected chi connectivity index (χ4v) is 3.61. The summed E-state index contributed by atoms with van der Waals surface area (Å²) in [5, 5.41) is 12.2. The third-order valence-electron chi connectivity index (χ3n) is 5.63. The van der Waals surface area contributed by atoms with E-state index in [-0.39, 0.29) is 11.8 Å². The molecule has 0 aliphatic carbocycles. The molecule has 10 heteroatoms. The SMILES string of the molecule is CCC(=O)CCCCCC(C(=O)NC)c1ncc(-c2ccc3ccccc3c2)[nH]1.O=C(O)C(F)(F)F. The normalized spacial score (nSPS) is 11.9. The summed E-state index contributed by atoms with van der Waals surface area (Å²) in [4.78, 5) is 40.6. The first kappa shape index (κ1) is 28.5. The molecule has 3 N–H and O–H groups in total. The number of unbranched alkanes of at least 4 members (excludes halogenated alkanes) is 2. The molecule has 0 saturated carbocycles. The van der Waals surface area contributed by atoms with Crippen LogP contribution < -0.4 is 5.32 Å². The fourth-order valence-electron chi connectivity index (χ4n) is 3.61. The van der Waals surface area contributed by atoms with Gasteiger partial charge in [0, 0.05) is 25.5 Å². The van der Waals surface area contributed by atoms with Crippen LogP contribution in [0.15, 0.2) is 48.7 Å². The van der Waals surface area contributed by atoms with Crippen molar-refractivity contribution in [3.05, 3.63) is 54.5 Å². The third-order valence-corrected chi connectivity index (χ3v) is 5.63. The number of H-pyrrole nitrogens is 1. The number of aromatic nitrogens is 2. The minimum atomic E-state index is -5.08. The molecule has 0 spiro atoms. The van der Waals surface area contributed by atoms with Gasteiger partial charge in [-0.25, -0.2) is 9.78 Å². The van der Waals surface area contributed by atoms with Crippen LogP contribution in [0.1, 0.15) is 57.2 Å². The Balaban J connectivity index is 0.000000572. The number of nitrogens with one attached hydrogen (secondary N) is 2. The summed E-state index contributed by atoms with van der Waals surface area (Å²) in [6.45, 7) is 1.90. The van der Waals surface area contributed by atoms with Crippen LogP contribution in [0, 0.1) is 0 Å². The molecule has 36 heavy (non-hydrogen) atoms. The minimum absolute atomic E-state index is 0.0333. The van der Waals surface area contributed by atoms with Gasteiger partial charge in [0.25, 0.3) is 0 Å². The minimum Gasteiger partial charge on any atom is -0.475 e. The van der Waals surface area contributed by atoms with Crippen molar-refractivity contribution in [2.24, 2.45) is 0 Å². The summed E-state index contributed by atoms with van der Waals surface area (Å²) < 4.78 is 31.7. The highest BCUT2D eigenvalue weighted by molar-refractivity contribution is 5.87. The molecule has 0 radical (unpaired) electrons. The fraction of sp³-hybridized carbons (Fsp3) is 0.385. The molecule has 0 fully saturated rings. The highest BCUT2D eigenvalue weighted by atomic mass is 19.4. The van der Waals surface area contributed by atoms with Crippen molar-refractivity contribution in [1.82, 2.24) is 15.3 Å². The van der Waals surface area contributed by atoms with Crippen LogP contribution in [0.4, 0.5) is 13.2 Å². The lowest BCUT2D eigenvalue weighted by atomic mass is 9.98. The van der Waals surface area contributed by atoms with Gasteiger partial charge in [0.2, 0.25) is 5.91 Å². The number of carbonyl (C=O) groups excluding carboxylic acids is 2. The number of ketones is 1. The van der Waals surface area contributed by atoms with Gasteiger partial charge in [-0.15, -0.1) is 0 Å². The highest BCUT2D eigenvalue weighted by Gasteiger charge is 2.38. The molecule has 3 aromatic rings. The van der Waals surface area contributed by atoms with Crippen LogP contribution in [-0.2, 0) is 14.4 Å². The van der Waals surface area contributed by atoms with Crippen LogP contribution in [0.2, 0.25) is 0 Å². The van der Waals surface area contributed by atoms with Gasteiger partial charge < -0.3 is 15.4 Å². The zero-order chi connectivity index (χ0) is 26.7. The van der Waals surface area contributed by atoms with Gasteiger partial charge in [0.1, 0.15) is 11.6 Å². The lowest BCUT2D eigenvalue weighted by molar-refractivity contribution is -0.192. The molecule has 1 unspecified atom stereocenters. The largest absolute Gasteiger partial charge is 0.490 e. The van der Waals surface area contributed by atoms with E-state index in [1.807, 2.05) is 19.1 Å². The average Bonchev–Trinajstić information content (AvgIpc) is 3.35. The number of fused-ring (bicyclic) bond motifs is 1. The number of halogens is 3. The number of nitrogens with zero attached hydrogens (tertiary/aromatic N) is 1. The van der Waals surface area contributed by atoms with E-state index in [9.17, 15) is 22.8 Å². The Kier molecular flexibility index (Phi) is 10.6. The van der Waals surface area contributed by atoms with Crippen molar-refractivity contribution in [2.45, 2.75) is 57.5 Å². The van der Waals surface area contributed by atoms with E-state index in [1.165, 1.54) is 10.8 Å². The van der Waals surface area contributed by atoms with Crippen LogP contribution in [0.5, 0.6) is 0 Å². The molecule has 0 aliphatic rings. The number of imidazole rings is 1. The Labute approximate surface area is 207 Å². The molecule has 1 aromatic heterocycles. The van der Waals surface area contributed by atoms with Crippen LogP contribution in [0.25, 0.3) is 22.0 Å². The Bertz CT molecular complexity index is 1170.